The lowest BCUT2D eigenvalue weighted by atomic mass is 9.89. The third-order valence-electron chi connectivity index (χ3n) is 6.59. The summed E-state index contributed by atoms with van der Waals surface area (Å²) in [4.78, 5) is 23.2. The standard InChI is InChI=1S/C24H29N3O2S/c1-13-4-11-18-19(12-13)30-24-20(18)23(28)26-22(27-24)14(2)25-21(15-5-6-15)16-7-9-17(29-3)10-8-16/h7-10,13-15,21,25H,4-6,11-12H2,1-3H3,(H,26,27,28). The van der Waals surface area contributed by atoms with Gasteiger partial charge < -0.3 is 15.0 Å². The second-order valence-electron chi connectivity index (χ2n) is 8.96. The number of benzene rings is 1. The fourth-order valence-electron chi connectivity index (χ4n) is 4.66. The fraction of sp³-hybridized carbons (Fsp3) is 0.500. The van der Waals surface area contributed by atoms with Gasteiger partial charge in [0.15, 0.2) is 0 Å². The van der Waals surface area contributed by atoms with Crippen LogP contribution in [0.15, 0.2) is 29.1 Å². The van der Waals surface area contributed by atoms with Gasteiger partial charge in [0.25, 0.3) is 5.56 Å². The number of H-pyrrole nitrogens is 1. The maximum absolute atomic E-state index is 13.0. The van der Waals surface area contributed by atoms with Crippen LogP contribution in [0.1, 0.15) is 67.0 Å². The van der Waals surface area contributed by atoms with Crippen LogP contribution in [0.4, 0.5) is 0 Å². The molecule has 0 spiro atoms. The topological polar surface area (TPSA) is 67.0 Å². The van der Waals surface area contributed by atoms with E-state index >= 15 is 0 Å². The van der Waals surface area contributed by atoms with Crippen LogP contribution in [0.25, 0.3) is 10.2 Å². The first-order valence-electron chi connectivity index (χ1n) is 11.0. The Hall–Kier alpha value is -2.18. The number of rotatable bonds is 6. The largest absolute Gasteiger partial charge is 0.497 e. The molecule has 2 aliphatic carbocycles. The normalized spacial score (nSPS) is 20.7. The van der Waals surface area contributed by atoms with Crippen LogP contribution in [0.2, 0.25) is 0 Å². The number of methoxy groups -OCH3 is 1. The first kappa shape index (κ1) is 19.8. The molecule has 6 heteroatoms. The number of aromatic amines is 1. The number of hydrogen-bond acceptors (Lipinski definition) is 5. The first-order chi connectivity index (χ1) is 14.5. The monoisotopic (exact) mass is 423 g/mol. The molecule has 3 aromatic rings. The Morgan fingerprint density at radius 2 is 2.00 bits per heavy atom. The van der Waals surface area contributed by atoms with E-state index in [9.17, 15) is 4.79 Å². The van der Waals surface area contributed by atoms with Crippen LogP contribution in [0, 0.1) is 11.8 Å². The number of thiophene rings is 1. The fourth-order valence-corrected chi connectivity index (χ4v) is 6.05. The van der Waals surface area contributed by atoms with Crippen molar-refractivity contribution in [2.45, 2.75) is 58.0 Å². The Labute approximate surface area is 180 Å². The van der Waals surface area contributed by atoms with E-state index < -0.39 is 0 Å². The molecule has 5 rings (SSSR count). The molecule has 1 aromatic carbocycles. The molecule has 0 amide bonds. The van der Waals surface area contributed by atoms with E-state index in [-0.39, 0.29) is 17.6 Å². The molecule has 1 fully saturated rings. The molecular weight excluding hydrogens is 394 g/mol. The van der Waals surface area contributed by atoms with Gasteiger partial charge >= 0.3 is 0 Å². The lowest BCUT2D eigenvalue weighted by Crippen LogP contribution is -2.29. The van der Waals surface area contributed by atoms with Crippen LogP contribution in [0.3, 0.4) is 0 Å². The van der Waals surface area contributed by atoms with Crippen molar-refractivity contribution >= 4 is 21.6 Å². The third kappa shape index (κ3) is 3.67. The van der Waals surface area contributed by atoms with E-state index in [2.05, 4.69) is 36.3 Å². The molecule has 2 aromatic heterocycles. The Morgan fingerprint density at radius 1 is 1.23 bits per heavy atom. The summed E-state index contributed by atoms with van der Waals surface area (Å²) in [7, 11) is 1.69. The van der Waals surface area contributed by atoms with Gasteiger partial charge in [0.2, 0.25) is 0 Å². The molecule has 30 heavy (non-hydrogen) atoms. The molecule has 3 atom stereocenters. The SMILES string of the molecule is COc1ccc(C(NC(C)c2nc3sc4c(c3c(=O)[nH]2)CCC(C)C4)C2CC2)cc1. The highest BCUT2D eigenvalue weighted by Crippen LogP contribution is 2.42. The zero-order valence-electron chi connectivity index (χ0n) is 17.8. The Bertz CT molecular complexity index is 1110. The summed E-state index contributed by atoms with van der Waals surface area (Å²) in [6.07, 6.45) is 5.68. The van der Waals surface area contributed by atoms with Gasteiger partial charge in [-0.15, -0.1) is 11.3 Å². The number of ether oxygens (including phenoxy) is 1. The minimum Gasteiger partial charge on any atom is -0.497 e. The van der Waals surface area contributed by atoms with Crippen molar-refractivity contribution in [2.75, 3.05) is 7.11 Å². The molecule has 1 saturated carbocycles. The van der Waals surface area contributed by atoms with Crippen molar-refractivity contribution in [1.29, 1.82) is 0 Å². The molecule has 0 saturated heterocycles. The summed E-state index contributed by atoms with van der Waals surface area (Å²) in [5.41, 5.74) is 2.51. The summed E-state index contributed by atoms with van der Waals surface area (Å²) in [5.74, 6) is 2.92. The highest BCUT2D eigenvalue weighted by atomic mass is 32.1. The van der Waals surface area contributed by atoms with Crippen LogP contribution >= 0.6 is 11.3 Å². The van der Waals surface area contributed by atoms with E-state index in [1.54, 1.807) is 18.4 Å². The van der Waals surface area contributed by atoms with Gasteiger partial charge in [-0.1, -0.05) is 19.1 Å². The number of aromatic nitrogens is 2. The van der Waals surface area contributed by atoms with E-state index in [0.29, 0.717) is 11.8 Å². The number of hydrogen-bond donors (Lipinski definition) is 2. The average Bonchev–Trinajstić information content (AvgIpc) is 3.52. The molecule has 0 aliphatic heterocycles. The van der Waals surface area contributed by atoms with Crippen molar-refractivity contribution in [3.63, 3.8) is 0 Å². The summed E-state index contributed by atoms with van der Waals surface area (Å²) in [6.45, 7) is 4.39. The molecule has 5 nitrogen and oxygen atoms in total. The first-order valence-corrected chi connectivity index (χ1v) is 11.8. The molecule has 2 N–H and O–H groups in total. The highest BCUT2D eigenvalue weighted by Gasteiger charge is 2.34. The van der Waals surface area contributed by atoms with Gasteiger partial charge in [0.1, 0.15) is 16.4 Å². The van der Waals surface area contributed by atoms with E-state index in [1.165, 1.54) is 28.8 Å². The molecule has 2 aliphatic rings. The Balaban J connectivity index is 1.43. The van der Waals surface area contributed by atoms with Crippen molar-refractivity contribution in [2.24, 2.45) is 11.8 Å². The van der Waals surface area contributed by atoms with Crippen molar-refractivity contribution < 1.29 is 4.74 Å². The lowest BCUT2D eigenvalue weighted by Gasteiger charge is -2.23. The molecular formula is C24H29N3O2S. The molecule has 0 radical (unpaired) electrons. The third-order valence-corrected chi connectivity index (χ3v) is 7.74. The number of aryl methyl sites for hydroxylation is 1. The number of fused-ring (bicyclic) bond motifs is 3. The summed E-state index contributed by atoms with van der Waals surface area (Å²) >= 11 is 1.71. The van der Waals surface area contributed by atoms with Crippen molar-refractivity contribution in [3.8, 4) is 5.75 Å². The Morgan fingerprint density at radius 3 is 2.70 bits per heavy atom. The summed E-state index contributed by atoms with van der Waals surface area (Å²) in [5, 5.41) is 4.57. The Kier molecular flexibility index (Phi) is 5.15. The zero-order valence-corrected chi connectivity index (χ0v) is 18.6. The molecule has 0 bridgehead atoms. The van der Waals surface area contributed by atoms with Crippen molar-refractivity contribution in [3.05, 3.63) is 56.4 Å². The molecule has 158 valence electrons. The maximum atomic E-state index is 13.0. The lowest BCUT2D eigenvalue weighted by molar-refractivity contribution is 0.408. The van der Waals surface area contributed by atoms with Gasteiger partial charge in [-0.05, 0) is 74.1 Å². The highest BCUT2D eigenvalue weighted by molar-refractivity contribution is 7.18. The second kappa shape index (κ2) is 7.82. The van der Waals surface area contributed by atoms with E-state index in [0.717, 1.165) is 41.1 Å². The average molecular weight is 424 g/mol. The minimum atomic E-state index is -0.0344. The van der Waals surface area contributed by atoms with Gasteiger partial charge in [0, 0.05) is 10.9 Å². The van der Waals surface area contributed by atoms with Crippen LogP contribution in [-0.2, 0) is 12.8 Å². The number of nitrogens with one attached hydrogen (secondary N) is 2. The molecule has 2 heterocycles. The predicted octanol–water partition coefficient (Wildman–Crippen LogP) is 4.92. The van der Waals surface area contributed by atoms with Gasteiger partial charge in [-0.3, -0.25) is 4.79 Å². The zero-order chi connectivity index (χ0) is 20.8. The summed E-state index contributed by atoms with van der Waals surface area (Å²) in [6, 6.07) is 8.52. The molecule has 3 unspecified atom stereocenters. The van der Waals surface area contributed by atoms with Crippen molar-refractivity contribution in [1.82, 2.24) is 15.3 Å². The van der Waals surface area contributed by atoms with E-state index in [1.807, 2.05) is 12.1 Å². The smallest absolute Gasteiger partial charge is 0.259 e. The van der Waals surface area contributed by atoms with Gasteiger partial charge in [-0.2, -0.15) is 0 Å². The maximum Gasteiger partial charge on any atom is 0.259 e. The predicted molar refractivity (Wildman–Crippen MR) is 121 cm³/mol. The van der Waals surface area contributed by atoms with E-state index in [4.69, 9.17) is 9.72 Å². The van der Waals surface area contributed by atoms with Gasteiger partial charge in [-0.25, -0.2) is 4.98 Å². The van der Waals surface area contributed by atoms with Crippen LogP contribution in [0.5, 0.6) is 5.75 Å². The van der Waals surface area contributed by atoms with Crippen LogP contribution < -0.4 is 15.6 Å². The minimum absolute atomic E-state index is 0.0168. The van der Waals surface area contributed by atoms with Gasteiger partial charge in [0.05, 0.1) is 18.5 Å². The quantitative estimate of drug-likeness (QED) is 0.591. The second-order valence-corrected chi connectivity index (χ2v) is 10.0. The summed E-state index contributed by atoms with van der Waals surface area (Å²) < 4.78 is 5.30. The number of nitrogens with zero attached hydrogens (tertiary/aromatic N) is 1. The van der Waals surface area contributed by atoms with Crippen LogP contribution in [-0.4, -0.2) is 17.1 Å².